The standard InChI is InChI=1S/C11H18F3/c1-7(2)9-5-4-6-10(8(9)3)11(12,13)14/h4,7-10H,5-6H2,1-3H3. The largest absolute Gasteiger partial charge is 0.392 e. The van der Waals surface area contributed by atoms with Gasteiger partial charge < -0.3 is 0 Å². The lowest BCUT2D eigenvalue weighted by atomic mass is 9.68. The Labute approximate surface area is 83.9 Å². The molecule has 0 N–H and O–H groups in total. The molecule has 14 heavy (non-hydrogen) atoms. The van der Waals surface area contributed by atoms with Crippen LogP contribution in [0.25, 0.3) is 0 Å². The van der Waals surface area contributed by atoms with Crippen LogP contribution in [0.1, 0.15) is 33.6 Å². The van der Waals surface area contributed by atoms with Gasteiger partial charge in [-0.05, 0) is 37.0 Å². The molecule has 0 aliphatic heterocycles. The van der Waals surface area contributed by atoms with E-state index in [4.69, 9.17) is 0 Å². The Bertz CT molecular complexity index is 183. The van der Waals surface area contributed by atoms with Crippen molar-refractivity contribution in [1.29, 1.82) is 0 Å². The van der Waals surface area contributed by atoms with E-state index < -0.39 is 12.1 Å². The summed E-state index contributed by atoms with van der Waals surface area (Å²) in [4.78, 5) is 0. The summed E-state index contributed by atoms with van der Waals surface area (Å²) >= 11 is 0. The van der Waals surface area contributed by atoms with Gasteiger partial charge in [0, 0.05) is 0 Å². The first-order valence-corrected chi connectivity index (χ1v) is 5.22. The quantitative estimate of drug-likeness (QED) is 0.608. The van der Waals surface area contributed by atoms with Gasteiger partial charge in [-0.1, -0.05) is 20.8 Å². The highest BCUT2D eigenvalue weighted by Gasteiger charge is 2.47. The van der Waals surface area contributed by atoms with Crippen LogP contribution >= 0.6 is 0 Å². The van der Waals surface area contributed by atoms with Gasteiger partial charge in [0.25, 0.3) is 0 Å². The summed E-state index contributed by atoms with van der Waals surface area (Å²) in [6.07, 6.45) is -1.17. The summed E-state index contributed by atoms with van der Waals surface area (Å²) in [5.41, 5.74) is 0. The molecule has 0 aromatic carbocycles. The second-order valence-corrected chi connectivity index (χ2v) is 4.68. The molecule has 1 rings (SSSR count). The Kier molecular flexibility index (Phi) is 3.49. The Balaban J connectivity index is 2.71. The van der Waals surface area contributed by atoms with Crippen molar-refractivity contribution >= 4 is 0 Å². The summed E-state index contributed by atoms with van der Waals surface area (Å²) < 4.78 is 37.8. The average molecular weight is 207 g/mol. The highest BCUT2D eigenvalue weighted by Crippen LogP contribution is 2.45. The van der Waals surface area contributed by atoms with Crippen molar-refractivity contribution in [3.63, 3.8) is 0 Å². The fourth-order valence-electron chi connectivity index (χ4n) is 2.51. The van der Waals surface area contributed by atoms with Crippen LogP contribution in [0.15, 0.2) is 0 Å². The molecular weight excluding hydrogens is 189 g/mol. The normalized spacial score (nSPS) is 34.9. The predicted molar refractivity (Wildman–Crippen MR) is 50.6 cm³/mol. The summed E-state index contributed by atoms with van der Waals surface area (Å²) in [5, 5.41) is 0. The molecule has 1 radical (unpaired) electrons. The van der Waals surface area contributed by atoms with Crippen molar-refractivity contribution < 1.29 is 13.2 Å². The van der Waals surface area contributed by atoms with Crippen LogP contribution in [0.4, 0.5) is 13.2 Å². The fourth-order valence-corrected chi connectivity index (χ4v) is 2.51. The van der Waals surface area contributed by atoms with E-state index >= 15 is 0 Å². The maximum absolute atomic E-state index is 12.6. The molecule has 1 fully saturated rings. The third-order valence-electron chi connectivity index (χ3n) is 3.45. The van der Waals surface area contributed by atoms with Gasteiger partial charge in [-0.2, -0.15) is 13.2 Å². The predicted octanol–water partition coefficient (Wildman–Crippen LogP) is 4.07. The molecule has 1 aliphatic carbocycles. The van der Waals surface area contributed by atoms with Crippen LogP contribution in [0.3, 0.4) is 0 Å². The molecule has 0 aromatic rings. The molecule has 0 heterocycles. The lowest BCUT2D eigenvalue weighted by Crippen LogP contribution is -2.38. The van der Waals surface area contributed by atoms with Crippen LogP contribution in [-0.4, -0.2) is 6.18 Å². The Morgan fingerprint density at radius 2 is 1.79 bits per heavy atom. The average Bonchev–Trinajstić information content (AvgIpc) is 2.01. The van der Waals surface area contributed by atoms with Gasteiger partial charge in [0.05, 0.1) is 5.92 Å². The van der Waals surface area contributed by atoms with E-state index in [1.807, 2.05) is 20.3 Å². The van der Waals surface area contributed by atoms with Crippen molar-refractivity contribution in [2.45, 2.75) is 39.8 Å². The lowest BCUT2D eigenvalue weighted by Gasteiger charge is -2.38. The third-order valence-corrected chi connectivity index (χ3v) is 3.45. The van der Waals surface area contributed by atoms with Crippen LogP contribution in [0, 0.1) is 30.1 Å². The number of alkyl halides is 3. The van der Waals surface area contributed by atoms with E-state index in [0.29, 0.717) is 5.92 Å². The third kappa shape index (κ3) is 2.43. The SMILES string of the molecule is CC(C)C1C[CH]CC(C(F)(F)F)C1C. The Morgan fingerprint density at radius 3 is 2.21 bits per heavy atom. The minimum absolute atomic E-state index is 0.190. The second kappa shape index (κ2) is 4.11. The summed E-state index contributed by atoms with van der Waals surface area (Å²) in [5.74, 6) is -0.828. The van der Waals surface area contributed by atoms with E-state index in [2.05, 4.69) is 0 Å². The molecule has 3 unspecified atom stereocenters. The smallest absolute Gasteiger partial charge is 0.171 e. The molecule has 0 bridgehead atoms. The van der Waals surface area contributed by atoms with Gasteiger partial charge in [-0.3, -0.25) is 0 Å². The van der Waals surface area contributed by atoms with E-state index in [1.165, 1.54) is 0 Å². The molecule has 83 valence electrons. The Morgan fingerprint density at radius 1 is 1.21 bits per heavy atom. The lowest BCUT2D eigenvalue weighted by molar-refractivity contribution is -0.197. The van der Waals surface area contributed by atoms with Gasteiger partial charge in [0.15, 0.2) is 0 Å². The number of halogens is 3. The van der Waals surface area contributed by atoms with Crippen LogP contribution in [0.2, 0.25) is 0 Å². The number of hydrogen-bond acceptors (Lipinski definition) is 0. The van der Waals surface area contributed by atoms with Crippen LogP contribution in [0.5, 0.6) is 0 Å². The number of hydrogen-bond donors (Lipinski definition) is 0. The van der Waals surface area contributed by atoms with Crippen molar-refractivity contribution in [3.05, 3.63) is 6.42 Å². The zero-order valence-electron chi connectivity index (χ0n) is 8.93. The molecule has 0 spiro atoms. The maximum atomic E-state index is 12.6. The van der Waals surface area contributed by atoms with Crippen molar-refractivity contribution in [1.82, 2.24) is 0 Å². The molecule has 0 aromatic heterocycles. The van der Waals surface area contributed by atoms with Crippen LogP contribution < -0.4 is 0 Å². The van der Waals surface area contributed by atoms with Crippen molar-refractivity contribution in [2.24, 2.45) is 23.7 Å². The molecule has 3 heteroatoms. The van der Waals surface area contributed by atoms with E-state index in [1.54, 1.807) is 6.92 Å². The van der Waals surface area contributed by atoms with Crippen molar-refractivity contribution in [2.75, 3.05) is 0 Å². The highest BCUT2D eigenvalue weighted by molar-refractivity contribution is 4.91. The summed E-state index contributed by atoms with van der Waals surface area (Å²) in [6.45, 7) is 5.76. The second-order valence-electron chi connectivity index (χ2n) is 4.68. The first-order chi connectivity index (χ1) is 6.34. The monoisotopic (exact) mass is 207 g/mol. The minimum Gasteiger partial charge on any atom is -0.171 e. The topological polar surface area (TPSA) is 0 Å². The fraction of sp³-hybridized carbons (Fsp3) is 0.909. The van der Waals surface area contributed by atoms with Gasteiger partial charge in [0.2, 0.25) is 0 Å². The molecule has 3 atom stereocenters. The zero-order chi connectivity index (χ0) is 10.9. The van der Waals surface area contributed by atoms with Crippen molar-refractivity contribution in [3.8, 4) is 0 Å². The zero-order valence-corrected chi connectivity index (χ0v) is 8.93. The molecule has 1 aliphatic rings. The summed E-state index contributed by atoms with van der Waals surface area (Å²) in [6, 6.07) is 0. The molecule has 1 saturated carbocycles. The van der Waals surface area contributed by atoms with Gasteiger partial charge in [0.1, 0.15) is 0 Å². The van der Waals surface area contributed by atoms with Crippen LogP contribution in [-0.2, 0) is 0 Å². The number of rotatable bonds is 1. The van der Waals surface area contributed by atoms with Gasteiger partial charge >= 0.3 is 6.18 Å². The minimum atomic E-state index is -4.02. The molecular formula is C11H18F3. The van der Waals surface area contributed by atoms with Gasteiger partial charge in [-0.15, -0.1) is 0 Å². The maximum Gasteiger partial charge on any atom is 0.392 e. The first kappa shape index (κ1) is 11.9. The molecule has 0 amide bonds. The van der Waals surface area contributed by atoms with E-state index in [-0.39, 0.29) is 18.3 Å². The van der Waals surface area contributed by atoms with E-state index in [9.17, 15) is 13.2 Å². The van der Waals surface area contributed by atoms with E-state index in [0.717, 1.165) is 6.42 Å². The molecule has 0 nitrogen and oxygen atoms in total. The molecule has 0 saturated heterocycles. The highest BCUT2D eigenvalue weighted by atomic mass is 19.4. The Hall–Kier alpha value is -0.210. The van der Waals surface area contributed by atoms with Gasteiger partial charge in [-0.25, -0.2) is 0 Å². The summed E-state index contributed by atoms with van der Waals surface area (Å²) in [7, 11) is 0. The first-order valence-electron chi connectivity index (χ1n) is 5.22.